The molecule has 0 aliphatic carbocycles. The Bertz CT molecular complexity index is 292. The first-order chi connectivity index (χ1) is 5.43. The molecule has 1 aromatic carbocycles. The fraction of sp³-hybridized carbons (Fsp3) is 0.143. The topological polar surface area (TPSA) is 0 Å². The molecule has 0 aliphatic heterocycles. The van der Waals surface area contributed by atoms with E-state index in [2.05, 4.69) is 0 Å². The number of hydrogen-bond acceptors (Lipinski definition) is 0. The number of halogens is 5. The van der Waals surface area contributed by atoms with Gasteiger partial charge in [-0.2, -0.15) is 0 Å². The van der Waals surface area contributed by atoms with Crippen LogP contribution in [0.2, 0.25) is 5.02 Å². The van der Waals surface area contributed by atoms with Gasteiger partial charge in [0.25, 0.3) is 0 Å². The van der Waals surface area contributed by atoms with E-state index in [4.69, 9.17) is 46.4 Å². The van der Waals surface area contributed by atoms with Gasteiger partial charge in [-0.3, -0.25) is 0 Å². The van der Waals surface area contributed by atoms with Crippen molar-refractivity contribution in [3.63, 3.8) is 0 Å². The van der Waals surface area contributed by atoms with Crippen LogP contribution in [0.15, 0.2) is 18.2 Å². The van der Waals surface area contributed by atoms with Crippen molar-refractivity contribution in [3.8, 4) is 0 Å². The Kier molecular flexibility index (Phi) is 3.11. The Morgan fingerprint density at radius 1 is 1.17 bits per heavy atom. The Morgan fingerprint density at radius 3 is 2.17 bits per heavy atom. The molecule has 0 nitrogen and oxygen atoms in total. The number of benzene rings is 1. The molecule has 0 heterocycles. The smallest absolute Gasteiger partial charge is 0.205 e. The van der Waals surface area contributed by atoms with Crippen LogP contribution in [0.4, 0.5) is 4.39 Å². The first kappa shape index (κ1) is 10.4. The highest BCUT2D eigenvalue weighted by molar-refractivity contribution is 6.67. The number of hydrogen-bond donors (Lipinski definition) is 0. The van der Waals surface area contributed by atoms with Crippen LogP contribution < -0.4 is 0 Å². The fourth-order valence-corrected chi connectivity index (χ4v) is 1.61. The summed E-state index contributed by atoms with van der Waals surface area (Å²) in [6, 6.07) is 4.08. The zero-order chi connectivity index (χ0) is 9.35. The van der Waals surface area contributed by atoms with Crippen LogP contribution >= 0.6 is 46.4 Å². The second-order valence-electron chi connectivity index (χ2n) is 2.10. The third kappa shape index (κ3) is 2.17. The number of rotatable bonds is 0. The predicted octanol–water partition coefficient (Wildman–Crippen LogP) is 4.31. The largest absolute Gasteiger partial charge is 0.217 e. The molecule has 1 rings (SSSR count). The van der Waals surface area contributed by atoms with Gasteiger partial charge in [0.1, 0.15) is 5.82 Å². The molecular formula is C7H3Cl4F. The van der Waals surface area contributed by atoms with Crippen LogP contribution in [0.5, 0.6) is 0 Å². The lowest BCUT2D eigenvalue weighted by molar-refractivity contribution is 0.626. The molecule has 0 spiro atoms. The molecular weight excluding hydrogens is 245 g/mol. The van der Waals surface area contributed by atoms with Crippen LogP contribution in [-0.2, 0) is 3.79 Å². The summed E-state index contributed by atoms with van der Waals surface area (Å²) in [5.74, 6) is -0.597. The lowest BCUT2D eigenvalue weighted by Gasteiger charge is -2.12. The molecule has 0 atom stereocenters. The molecule has 0 saturated carbocycles. The minimum atomic E-state index is -1.68. The molecule has 0 unspecified atom stereocenters. The SMILES string of the molecule is Fc1cccc(C(Cl)(Cl)Cl)c1Cl. The van der Waals surface area contributed by atoms with Crippen molar-refractivity contribution in [2.75, 3.05) is 0 Å². The Morgan fingerprint density at radius 2 is 1.75 bits per heavy atom. The summed E-state index contributed by atoms with van der Waals surface area (Å²) >= 11 is 22.1. The van der Waals surface area contributed by atoms with E-state index >= 15 is 0 Å². The maximum Gasteiger partial charge on any atom is 0.217 e. The molecule has 0 fully saturated rings. The normalized spacial score (nSPS) is 11.8. The fourth-order valence-electron chi connectivity index (χ4n) is 0.723. The quantitative estimate of drug-likeness (QED) is 0.600. The summed E-state index contributed by atoms with van der Waals surface area (Å²) in [4.78, 5) is 0. The van der Waals surface area contributed by atoms with E-state index in [-0.39, 0.29) is 10.6 Å². The van der Waals surface area contributed by atoms with E-state index in [1.807, 2.05) is 0 Å². The van der Waals surface area contributed by atoms with E-state index in [1.165, 1.54) is 18.2 Å². The van der Waals surface area contributed by atoms with E-state index < -0.39 is 9.61 Å². The number of alkyl halides is 3. The van der Waals surface area contributed by atoms with Gasteiger partial charge < -0.3 is 0 Å². The van der Waals surface area contributed by atoms with Crippen LogP contribution in [0.1, 0.15) is 5.56 Å². The van der Waals surface area contributed by atoms with Crippen LogP contribution in [0.3, 0.4) is 0 Å². The summed E-state index contributed by atoms with van der Waals surface area (Å²) in [6.07, 6.45) is 0. The van der Waals surface area contributed by atoms with Gasteiger partial charge in [0.05, 0.1) is 5.02 Å². The van der Waals surface area contributed by atoms with Crippen LogP contribution in [0.25, 0.3) is 0 Å². The minimum Gasteiger partial charge on any atom is -0.205 e. The van der Waals surface area contributed by atoms with Gasteiger partial charge in [-0.25, -0.2) is 4.39 Å². The van der Waals surface area contributed by atoms with Crippen molar-refractivity contribution >= 4 is 46.4 Å². The Hall–Kier alpha value is 0.310. The molecule has 0 bridgehead atoms. The van der Waals surface area contributed by atoms with Crippen LogP contribution in [-0.4, -0.2) is 0 Å². The van der Waals surface area contributed by atoms with Gasteiger partial charge in [0, 0.05) is 5.56 Å². The molecule has 0 radical (unpaired) electrons. The molecule has 0 aliphatic rings. The molecule has 0 saturated heterocycles. The van der Waals surface area contributed by atoms with E-state index in [0.717, 1.165) is 0 Å². The van der Waals surface area contributed by atoms with Gasteiger partial charge in [-0.05, 0) is 6.07 Å². The summed E-state index contributed by atoms with van der Waals surface area (Å²) < 4.78 is 11.1. The second-order valence-corrected chi connectivity index (χ2v) is 4.76. The molecule has 12 heavy (non-hydrogen) atoms. The second kappa shape index (κ2) is 3.59. The van der Waals surface area contributed by atoms with Crippen molar-refractivity contribution in [1.29, 1.82) is 0 Å². The van der Waals surface area contributed by atoms with Gasteiger partial charge >= 0.3 is 0 Å². The Balaban J connectivity index is 3.26. The van der Waals surface area contributed by atoms with E-state index in [9.17, 15) is 4.39 Å². The first-order valence-electron chi connectivity index (χ1n) is 2.94. The van der Waals surface area contributed by atoms with Gasteiger partial charge in [-0.15, -0.1) is 0 Å². The monoisotopic (exact) mass is 246 g/mol. The van der Waals surface area contributed by atoms with E-state index in [1.54, 1.807) is 0 Å². The lowest BCUT2D eigenvalue weighted by Crippen LogP contribution is -2.01. The lowest BCUT2D eigenvalue weighted by atomic mass is 10.2. The van der Waals surface area contributed by atoms with Gasteiger partial charge in [-0.1, -0.05) is 58.5 Å². The van der Waals surface area contributed by atoms with Crippen molar-refractivity contribution in [2.45, 2.75) is 3.79 Å². The average Bonchev–Trinajstić information content (AvgIpc) is 1.92. The van der Waals surface area contributed by atoms with Gasteiger partial charge in [0.2, 0.25) is 3.79 Å². The maximum atomic E-state index is 12.8. The standard InChI is InChI=1S/C7H3Cl4F/c8-6-4(7(9,10)11)2-1-3-5(6)12/h1-3H. The highest BCUT2D eigenvalue weighted by atomic mass is 35.6. The first-order valence-corrected chi connectivity index (χ1v) is 4.45. The van der Waals surface area contributed by atoms with Crippen molar-refractivity contribution in [2.24, 2.45) is 0 Å². The third-order valence-corrected chi connectivity index (χ3v) is 2.25. The minimum absolute atomic E-state index is 0.147. The molecule has 0 amide bonds. The summed E-state index contributed by atoms with van der Waals surface area (Å²) in [6.45, 7) is 0. The highest BCUT2D eigenvalue weighted by Crippen LogP contribution is 2.42. The highest BCUT2D eigenvalue weighted by Gasteiger charge is 2.26. The zero-order valence-electron chi connectivity index (χ0n) is 5.62. The third-order valence-electron chi connectivity index (χ3n) is 1.26. The molecule has 66 valence electrons. The van der Waals surface area contributed by atoms with Gasteiger partial charge in [0.15, 0.2) is 0 Å². The summed E-state index contributed by atoms with van der Waals surface area (Å²) in [5.41, 5.74) is 0.147. The van der Waals surface area contributed by atoms with Crippen LogP contribution in [0, 0.1) is 5.82 Å². The molecule has 5 heteroatoms. The van der Waals surface area contributed by atoms with Crippen molar-refractivity contribution in [1.82, 2.24) is 0 Å². The zero-order valence-corrected chi connectivity index (χ0v) is 8.65. The van der Waals surface area contributed by atoms with E-state index in [0.29, 0.717) is 0 Å². The molecule has 0 N–H and O–H groups in total. The average molecular weight is 248 g/mol. The van der Waals surface area contributed by atoms with Crippen molar-refractivity contribution < 1.29 is 4.39 Å². The van der Waals surface area contributed by atoms with Crippen molar-refractivity contribution in [3.05, 3.63) is 34.6 Å². The Labute approximate surface area is 89.2 Å². The summed E-state index contributed by atoms with van der Waals surface area (Å²) in [5, 5.41) is -0.155. The summed E-state index contributed by atoms with van der Waals surface area (Å²) in [7, 11) is 0. The molecule has 1 aromatic rings. The predicted molar refractivity (Wildman–Crippen MR) is 50.6 cm³/mol. The molecule has 0 aromatic heterocycles. The maximum absolute atomic E-state index is 12.8.